The average Bonchev–Trinajstić information content (AvgIpc) is 2.93. The van der Waals surface area contributed by atoms with Gasteiger partial charge in [-0.15, -0.1) is 0 Å². The Labute approximate surface area is 137 Å². The largest absolute Gasteiger partial charge is 0.449 e. The molecule has 0 aliphatic carbocycles. The summed E-state index contributed by atoms with van der Waals surface area (Å²) in [7, 11) is 0. The van der Waals surface area contributed by atoms with E-state index < -0.39 is 12.1 Å². The summed E-state index contributed by atoms with van der Waals surface area (Å²) in [5, 5.41) is 0.446. The number of nitrogen functional groups attached to an aromatic ring is 1. The molecular weight excluding hydrogens is 318 g/mol. The molecule has 2 aromatic rings. The number of morpholine rings is 1. The van der Waals surface area contributed by atoms with Crippen molar-refractivity contribution in [3.63, 3.8) is 0 Å². The van der Waals surface area contributed by atoms with Crippen LogP contribution in [0.2, 0.25) is 0 Å². The predicted molar refractivity (Wildman–Crippen MR) is 86.3 cm³/mol. The molecular formula is C15H17N3O4S. The highest BCUT2D eigenvalue weighted by molar-refractivity contribution is 7.22. The van der Waals surface area contributed by atoms with Crippen molar-refractivity contribution in [1.82, 2.24) is 9.88 Å². The number of hydrogen-bond acceptors (Lipinski definition) is 7. The summed E-state index contributed by atoms with van der Waals surface area (Å²) >= 11 is 1.30. The number of carbonyl (C=O) groups excluding carboxylic acids is 2. The Kier molecular flexibility index (Phi) is 4.44. The number of hydrogen-bond donors (Lipinski definition) is 1. The molecule has 122 valence electrons. The number of nitrogens with zero attached hydrogens (tertiary/aromatic N) is 2. The van der Waals surface area contributed by atoms with Gasteiger partial charge < -0.3 is 20.1 Å². The zero-order valence-corrected chi connectivity index (χ0v) is 13.5. The Balaban J connectivity index is 1.67. The fourth-order valence-corrected chi connectivity index (χ4v) is 3.16. The van der Waals surface area contributed by atoms with Gasteiger partial charge in [-0.3, -0.25) is 4.79 Å². The van der Waals surface area contributed by atoms with Crippen molar-refractivity contribution in [2.24, 2.45) is 0 Å². The lowest BCUT2D eigenvalue weighted by molar-refractivity contribution is -0.143. The highest BCUT2D eigenvalue weighted by Crippen LogP contribution is 2.25. The van der Waals surface area contributed by atoms with E-state index in [1.54, 1.807) is 30.0 Å². The number of amides is 1. The van der Waals surface area contributed by atoms with E-state index in [1.807, 2.05) is 0 Å². The fourth-order valence-electron chi connectivity index (χ4n) is 2.39. The number of esters is 1. The van der Waals surface area contributed by atoms with Crippen LogP contribution in [0.5, 0.6) is 0 Å². The van der Waals surface area contributed by atoms with Gasteiger partial charge in [0.1, 0.15) is 0 Å². The van der Waals surface area contributed by atoms with Gasteiger partial charge in [0.25, 0.3) is 5.91 Å². The van der Waals surface area contributed by atoms with Gasteiger partial charge in [0.05, 0.1) is 29.0 Å². The first-order chi connectivity index (χ1) is 11.0. The molecule has 0 bridgehead atoms. The molecule has 2 heterocycles. The molecule has 0 radical (unpaired) electrons. The molecule has 1 aromatic heterocycles. The molecule has 0 spiro atoms. The molecule has 0 saturated carbocycles. The Bertz CT molecular complexity index is 739. The Morgan fingerprint density at radius 2 is 2.13 bits per heavy atom. The maximum absolute atomic E-state index is 12.2. The summed E-state index contributed by atoms with van der Waals surface area (Å²) in [4.78, 5) is 30.3. The Hall–Kier alpha value is -2.19. The molecule has 0 unspecified atom stereocenters. The maximum Gasteiger partial charge on any atom is 0.338 e. The molecule has 8 heteroatoms. The first kappa shape index (κ1) is 15.7. The summed E-state index contributed by atoms with van der Waals surface area (Å²) in [6.45, 7) is 3.64. The van der Waals surface area contributed by atoms with Gasteiger partial charge in [-0.05, 0) is 25.1 Å². The lowest BCUT2D eigenvalue weighted by atomic mass is 10.2. The lowest BCUT2D eigenvalue weighted by Gasteiger charge is -2.28. The van der Waals surface area contributed by atoms with Gasteiger partial charge in [-0.1, -0.05) is 11.3 Å². The molecule has 1 atom stereocenters. The van der Waals surface area contributed by atoms with Crippen LogP contribution in [-0.2, 0) is 14.3 Å². The number of aromatic nitrogens is 1. The van der Waals surface area contributed by atoms with E-state index in [1.165, 1.54) is 11.3 Å². The molecule has 1 amide bonds. The fraction of sp³-hybridized carbons (Fsp3) is 0.400. The first-order valence-electron chi connectivity index (χ1n) is 7.28. The van der Waals surface area contributed by atoms with Crippen LogP contribution in [0.25, 0.3) is 10.2 Å². The number of carbonyl (C=O) groups is 2. The average molecular weight is 335 g/mol. The van der Waals surface area contributed by atoms with Crippen molar-refractivity contribution in [2.75, 3.05) is 32.0 Å². The van der Waals surface area contributed by atoms with Gasteiger partial charge >= 0.3 is 5.97 Å². The van der Waals surface area contributed by atoms with Gasteiger partial charge in [0.2, 0.25) is 0 Å². The molecule has 3 rings (SSSR count). The lowest BCUT2D eigenvalue weighted by Crippen LogP contribution is -2.46. The number of nitrogens with two attached hydrogens (primary N) is 1. The van der Waals surface area contributed by atoms with Crippen LogP contribution in [0.1, 0.15) is 17.3 Å². The smallest absolute Gasteiger partial charge is 0.338 e. The van der Waals surface area contributed by atoms with Gasteiger partial charge in [0, 0.05) is 13.1 Å². The van der Waals surface area contributed by atoms with E-state index in [9.17, 15) is 9.59 Å². The van der Waals surface area contributed by atoms with Crippen molar-refractivity contribution in [3.8, 4) is 0 Å². The summed E-state index contributed by atoms with van der Waals surface area (Å²) < 4.78 is 11.3. The number of benzene rings is 1. The summed E-state index contributed by atoms with van der Waals surface area (Å²) in [5.41, 5.74) is 6.77. The van der Waals surface area contributed by atoms with Crippen LogP contribution in [0, 0.1) is 0 Å². The normalized spacial score (nSPS) is 16.3. The van der Waals surface area contributed by atoms with Crippen LogP contribution in [0.15, 0.2) is 18.2 Å². The second-order valence-corrected chi connectivity index (χ2v) is 6.28. The monoisotopic (exact) mass is 335 g/mol. The van der Waals surface area contributed by atoms with Crippen molar-refractivity contribution in [1.29, 1.82) is 0 Å². The number of thiazole rings is 1. The second kappa shape index (κ2) is 6.51. The third-order valence-electron chi connectivity index (χ3n) is 3.60. The zero-order valence-electron chi connectivity index (χ0n) is 12.7. The third kappa shape index (κ3) is 3.43. The number of rotatable bonds is 3. The SMILES string of the molecule is C[C@H](OC(=O)c1ccc2nc(N)sc2c1)C(=O)N1CCOCC1. The topological polar surface area (TPSA) is 94.8 Å². The number of ether oxygens (including phenoxy) is 2. The van der Waals surface area contributed by atoms with Gasteiger partial charge in [-0.2, -0.15) is 0 Å². The van der Waals surface area contributed by atoms with E-state index in [0.717, 1.165) is 10.2 Å². The van der Waals surface area contributed by atoms with Crippen LogP contribution >= 0.6 is 11.3 Å². The molecule has 1 aromatic carbocycles. The van der Waals surface area contributed by atoms with E-state index in [-0.39, 0.29) is 5.91 Å². The van der Waals surface area contributed by atoms with E-state index in [0.29, 0.717) is 37.0 Å². The Morgan fingerprint density at radius 1 is 1.39 bits per heavy atom. The minimum Gasteiger partial charge on any atom is -0.449 e. The highest BCUT2D eigenvalue weighted by Gasteiger charge is 2.25. The first-order valence-corrected chi connectivity index (χ1v) is 8.10. The summed E-state index contributed by atoms with van der Waals surface area (Å²) in [5.74, 6) is -0.738. The number of anilines is 1. The van der Waals surface area contributed by atoms with Crippen molar-refractivity contribution >= 4 is 38.6 Å². The molecule has 7 nitrogen and oxygen atoms in total. The van der Waals surface area contributed by atoms with Crippen LogP contribution < -0.4 is 5.73 Å². The molecule has 1 aliphatic heterocycles. The van der Waals surface area contributed by atoms with Gasteiger partial charge in [0.15, 0.2) is 11.2 Å². The van der Waals surface area contributed by atoms with Crippen LogP contribution in [0.3, 0.4) is 0 Å². The summed E-state index contributed by atoms with van der Waals surface area (Å²) in [6, 6.07) is 5.01. The minimum atomic E-state index is -0.831. The molecule has 23 heavy (non-hydrogen) atoms. The van der Waals surface area contributed by atoms with Crippen LogP contribution in [0.4, 0.5) is 5.13 Å². The third-order valence-corrected chi connectivity index (χ3v) is 4.44. The maximum atomic E-state index is 12.2. The van der Waals surface area contributed by atoms with Crippen molar-refractivity contribution < 1.29 is 19.1 Å². The van der Waals surface area contributed by atoms with Gasteiger partial charge in [-0.25, -0.2) is 9.78 Å². The summed E-state index contributed by atoms with van der Waals surface area (Å²) in [6.07, 6.45) is -0.831. The van der Waals surface area contributed by atoms with Crippen molar-refractivity contribution in [2.45, 2.75) is 13.0 Å². The molecule has 1 fully saturated rings. The Morgan fingerprint density at radius 3 is 2.87 bits per heavy atom. The standard InChI is InChI=1S/C15H17N3O4S/c1-9(13(19)18-4-6-21-7-5-18)22-14(20)10-2-3-11-12(8-10)23-15(16)17-11/h2-3,8-9H,4-7H2,1H3,(H2,16,17)/t9-/m0/s1. The quantitative estimate of drug-likeness (QED) is 0.849. The molecule has 1 aliphatic rings. The van der Waals surface area contributed by atoms with Crippen LogP contribution in [-0.4, -0.2) is 54.2 Å². The van der Waals surface area contributed by atoms with E-state index >= 15 is 0 Å². The highest BCUT2D eigenvalue weighted by atomic mass is 32.1. The van der Waals surface area contributed by atoms with E-state index in [2.05, 4.69) is 4.98 Å². The molecule has 1 saturated heterocycles. The van der Waals surface area contributed by atoms with E-state index in [4.69, 9.17) is 15.2 Å². The minimum absolute atomic E-state index is 0.204. The number of fused-ring (bicyclic) bond motifs is 1. The molecule has 2 N–H and O–H groups in total. The van der Waals surface area contributed by atoms with Crippen molar-refractivity contribution in [3.05, 3.63) is 23.8 Å². The second-order valence-electron chi connectivity index (χ2n) is 5.22. The zero-order chi connectivity index (χ0) is 16.4. The predicted octanol–water partition coefficient (Wildman–Crippen LogP) is 1.28.